The minimum absolute atomic E-state index is 0.345. The van der Waals surface area contributed by atoms with Crippen LogP contribution in [-0.4, -0.2) is 4.98 Å². The molecule has 1 aromatic carbocycles. The molecule has 94 valence electrons. The lowest BCUT2D eigenvalue weighted by Gasteiger charge is -2.08. The number of halogens is 4. The van der Waals surface area contributed by atoms with Gasteiger partial charge in [0, 0.05) is 16.2 Å². The predicted octanol–water partition coefficient (Wildman–Crippen LogP) is 4.11. The van der Waals surface area contributed by atoms with Crippen LogP contribution in [0.2, 0.25) is 0 Å². The number of nitrogen functional groups attached to an aromatic ring is 1. The SMILES string of the molecule is Nc1cc(Br)c(-c2ccc(C(F)(F)F)cc2)cn1. The molecule has 6 heteroatoms. The third-order valence-corrected chi connectivity index (χ3v) is 3.05. The summed E-state index contributed by atoms with van der Waals surface area (Å²) in [6.07, 6.45) is -2.81. The fourth-order valence-corrected chi connectivity index (χ4v) is 2.06. The van der Waals surface area contributed by atoms with Crippen molar-refractivity contribution < 1.29 is 13.2 Å². The second kappa shape index (κ2) is 4.61. The highest BCUT2D eigenvalue weighted by Crippen LogP contribution is 2.33. The van der Waals surface area contributed by atoms with Gasteiger partial charge < -0.3 is 5.73 Å². The van der Waals surface area contributed by atoms with Crippen molar-refractivity contribution in [1.82, 2.24) is 4.98 Å². The monoisotopic (exact) mass is 316 g/mol. The Morgan fingerprint density at radius 2 is 1.72 bits per heavy atom. The van der Waals surface area contributed by atoms with Crippen LogP contribution in [0.5, 0.6) is 0 Å². The van der Waals surface area contributed by atoms with Crippen LogP contribution in [0, 0.1) is 0 Å². The average molecular weight is 317 g/mol. The Hall–Kier alpha value is -1.56. The number of hydrogen-bond acceptors (Lipinski definition) is 2. The van der Waals surface area contributed by atoms with Gasteiger partial charge in [0.15, 0.2) is 0 Å². The Bertz CT molecular complexity index is 565. The van der Waals surface area contributed by atoms with Crippen LogP contribution in [0.4, 0.5) is 19.0 Å². The largest absolute Gasteiger partial charge is 0.416 e. The van der Waals surface area contributed by atoms with Gasteiger partial charge in [-0.25, -0.2) is 4.98 Å². The molecule has 2 rings (SSSR count). The summed E-state index contributed by atoms with van der Waals surface area (Å²) in [7, 11) is 0. The molecule has 0 amide bonds. The first-order valence-electron chi connectivity index (χ1n) is 4.96. The quantitative estimate of drug-likeness (QED) is 0.859. The normalized spacial score (nSPS) is 11.6. The van der Waals surface area contributed by atoms with E-state index < -0.39 is 11.7 Å². The lowest BCUT2D eigenvalue weighted by molar-refractivity contribution is -0.137. The minimum atomic E-state index is -4.32. The summed E-state index contributed by atoms with van der Waals surface area (Å²) < 4.78 is 37.9. The summed E-state index contributed by atoms with van der Waals surface area (Å²) in [4.78, 5) is 3.91. The van der Waals surface area contributed by atoms with E-state index in [4.69, 9.17) is 5.73 Å². The molecule has 0 unspecified atom stereocenters. The van der Waals surface area contributed by atoms with E-state index in [0.29, 0.717) is 21.4 Å². The van der Waals surface area contributed by atoms with E-state index in [1.54, 1.807) is 6.07 Å². The molecule has 18 heavy (non-hydrogen) atoms. The van der Waals surface area contributed by atoms with E-state index in [1.807, 2.05) is 0 Å². The molecule has 0 fully saturated rings. The molecule has 1 aromatic heterocycles. The number of aromatic nitrogens is 1. The first-order valence-corrected chi connectivity index (χ1v) is 5.76. The maximum Gasteiger partial charge on any atom is 0.416 e. The van der Waals surface area contributed by atoms with E-state index in [0.717, 1.165) is 12.1 Å². The van der Waals surface area contributed by atoms with Crippen LogP contribution in [0.1, 0.15) is 5.56 Å². The van der Waals surface area contributed by atoms with Crippen LogP contribution in [0.15, 0.2) is 41.0 Å². The van der Waals surface area contributed by atoms with Crippen molar-refractivity contribution in [3.8, 4) is 11.1 Å². The highest BCUT2D eigenvalue weighted by atomic mass is 79.9. The molecule has 0 aliphatic carbocycles. The third kappa shape index (κ3) is 2.64. The molecule has 2 N–H and O–H groups in total. The van der Waals surface area contributed by atoms with Gasteiger partial charge in [-0.2, -0.15) is 13.2 Å². The Kier molecular flexibility index (Phi) is 3.30. The number of alkyl halides is 3. The molecular weight excluding hydrogens is 309 g/mol. The first-order chi connectivity index (χ1) is 8.38. The van der Waals surface area contributed by atoms with Gasteiger partial charge in [0.2, 0.25) is 0 Å². The second-order valence-electron chi connectivity index (χ2n) is 3.66. The third-order valence-electron chi connectivity index (χ3n) is 2.40. The van der Waals surface area contributed by atoms with Gasteiger partial charge in [0.05, 0.1) is 5.56 Å². The van der Waals surface area contributed by atoms with Crippen molar-refractivity contribution in [2.75, 3.05) is 5.73 Å². The lowest BCUT2D eigenvalue weighted by Crippen LogP contribution is -2.04. The molecular formula is C12H8BrF3N2. The van der Waals surface area contributed by atoms with Crippen molar-refractivity contribution in [3.05, 3.63) is 46.6 Å². The molecule has 0 saturated heterocycles. The van der Waals surface area contributed by atoms with E-state index in [1.165, 1.54) is 18.3 Å². The molecule has 2 nitrogen and oxygen atoms in total. The maximum absolute atomic E-state index is 12.4. The number of pyridine rings is 1. The van der Waals surface area contributed by atoms with E-state index in [2.05, 4.69) is 20.9 Å². The summed E-state index contributed by atoms with van der Waals surface area (Å²) in [6, 6.07) is 6.49. The second-order valence-corrected chi connectivity index (χ2v) is 4.52. The van der Waals surface area contributed by atoms with Gasteiger partial charge in [0.25, 0.3) is 0 Å². The van der Waals surface area contributed by atoms with Gasteiger partial charge >= 0.3 is 6.18 Å². The van der Waals surface area contributed by atoms with Crippen LogP contribution >= 0.6 is 15.9 Å². The zero-order valence-corrected chi connectivity index (χ0v) is 10.6. The lowest BCUT2D eigenvalue weighted by atomic mass is 10.1. The number of benzene rings is 1. The molecule has 0 bridgehead atoms. The van der Waals surface area contributed by atoms with E-state index >= 15 is 0 Å². The zero-order chi connectivity index (χ0) is 13.3. The van der Waals surface area contributed by atoms with Crippen LogP contribution in [0.25, 0.3) is 11.1 Å². The van der Waals surface area contributed by atoms with E-state index in [9.17, 15) is 13.2 Å². The van der Waals surface area contributed by atoms with E-state index in [-0.39, 0.29) is 0 Å². The first kappa shape index (κ1) is 12.9. The molecule has 0 spiro atoms. The summed E-state index contributed by atoms with van der Waals surface area (Å²) in [6.45, 7) is 0. The summed E-state index contributed by atoms with van der Waals surface area (Å²) in [5, 5.41) is 0. The summed E-state index contributed by atoms with van der Waals surface area (Å²) >= 11 is 3.30. The Labute approximate surface area is 110 Å². The molecule has 0 saturated carbocycles. The van der Waals surface area contributed by atoms with Crippen molar-refractivity contribution in [3.63, 3.8) is 0 Å². The molecule has 0 radical (unpaired) electrons. The van der Waals surface area contributed by atoms with Gasteiger partial charge in [0.1, 0.15) is 5.82 Å². The molecule has 1 heterocycles. The van der Waals surface area contributed by atoms with Crippen LogP contribution in [0.3, 0.4) is 0 Å². The molecule has 0 atom stereocenters. The van der Waals surface area contributed by atoms with Crippen molar-refractivity contribution >= 4 is 21.7 Å². The average Bonchev–Trinajstić information content (AvgIpc) is 2.28. The highest BCUT2D eigenvalue weighted by Gasteiger charge is 2.30. The number of hydrogen-bond donors (Lipinski definition) is 1. The molecule has 0 aliphatic heterocycles. The standard InChI is InChI=1S/C12H8BrF3N2/c13-10-5-11(17)18-6-9(10)7-1-3-8(4-2-7)12(14,15)16/h1-6H,(H2,17,18). The summed E-state index contributed by atoms with van der Waals surface area (Å²) in [5.74, 6) is 0.345. The number of nitrogens with two attached hydrogens (primary N) is 1. The van der Waals surface area contributed by atoms with Crippen molar-refractivity contribution in [1.29, 1.82) is 0 Å². The zero-order valence-electron chi connectivity index (χ0n) is 9.00. The van der Waals surface area contributed by atoms with Crippen LogP contribution < -0.4 is 5.73 Å². The summed E-state index contributed by atoms with van der Waals surface area (Å²) in [5.41, 5.74) is 6.16. The van der Waals surface area contributed by atoms with Gasteiger partial charge in [-0.1, -0.05) is 12.1 Å². The Morgan fingerprint density at radius 1 is 1.11 bits per heavy atom. The number of nitrogens with zero attached hydrogens (tertiary/aromatic N) is 1. The number of rotatable bonds is 1. The van der Waals surface area contributed by atoms with Gasteiger partial charge in [-0.3, -0.25) is 0 Å². The maximum atomic E-state index is 12.4. The fourth-order valence-electron chi connectivity index (χ4n) is 1.50. The smallest absolute Gasteiger partial charge is 0.384 e. The predicted molar refractivity (Wildman–Crippen MR) is 66.8 cm³/mol. The highest BCUT2D eigenvalue weighted by molar-refractivity contribution is 9.10. The Balaban J connectivity index is 2.41. The van der Waals surface area contributed by atoms with Gasteiger partial charge in [-0.15, -0.1) is 0 Å². The fraction of sp³-hybridized carbons (Fsp3) is 0.0833. The molecule has 0 aliphatic rings. The van der Waals surface area contributed by atoms with Crippen molar-refractivity contribution in [2.24, 2.45) is 0 Å². The number of anilines is 1. The topological polar surface area (TPSA) is 38.9 Å². The van der Waals surface area contributed by atoms with Gasteiger partial charge in [-0.05, 0) is 39.7 Å². The molecule has 2 aromatic rings. The Morgan fingerprint density at radius 3 is 2.22 bits per heavy atom. The minimum Gasteiger partial charge on any atom is -0.384 e. The van der Waals surface area contributed by atoms with Crippen molar-refractivity contribution in [2.45, 2.75) is 6.18 Å². The van der Waals surface area contributed by atoms with Crippen LogP contribution in [-0.2, 0) is 6.18 Å².